The molecule has 1 atom stereocenters. The van der Waals surface area contributed by atoms with Crippen molar-refractivity contribution in [3.63, 3.8) is 0 Å². The first-order chi connectivity index (χ1) is 11.2. The third-order valence-electron chi connectivity index (χ3n) is 4.44. The highest BCUT2D eigenvalue weighted by molar-refractivity contribution is 5.94. The number of amides is 1. The van der Waals surface area contributed by atoms with E-state index >= 15 is 0 Å². The Morgan fingerprint density at radius 3 is 3.17 bits per heavy atom. The molecule has 0 radical (unpaired) electrons. The van der Waals surface area contributed by atoms with Crippen LogP contribution in [0.3, 0.4) is 0 Å². The number of nitrogens with zero attached hydrogens (tertiary/aromatic N) is 4. The molecule has 0 bridgehead atoms. The minimum absolute atomic E-state index is 0.138. The molecule has 7 nitrogen and oxygen atoms in total. The summed E-state index contributed by atoms with van der Waals surface area (Å²) in [4.78, 5) is 23.2. The average Bonchev–Trinajstić information content (AvgIpc) is 2.91. The van der Waals surface area contributed by atoms with Crippen molar-refractivity contribution in [1.29, 1.82) is 0 Å². The van der Waals surface area contributed by atoms with E-state index in [-0.39, 0.29) is 18.6 Å². The summed E-state index contributed by atoms with van der Waals surface area (Å²) in [6, 6.07) is 2.01. The smallest absolute Gasteiger partial charge is 0.270 e. The van der Waals surface area contributed by atoms with Gasteiger partial charge in [0.1, 0.15) is 5.69 Å². The number of rotatable bonds is 5. The number of aliphatic hydroxyl groups is 1. The predicted molar refractivity (Wildman–Crippen MR) is 86.4 cm³/mol. The molecule has 2 aromatic rings. The van der Waals surface area contributed by atoms with Crippen LogP contribution in [-0.2, 0) is 0 Å². The van der Waals surface area contributed by atoms with E-state index in [2.05, 4.69) is 20.2 Å². The predicted octanol–water partition coefficient (Wildman–Crippen LogP) is 0.614. The highest BCUT2D eigenvalue weighted by Gasteiger charge is 2.22. The molecule has 7 heteroatoms. The molecule has 3 heterocycles. The van der Waals surface area contributed by atoms with Crippen LogP contribution >= 0.6 is 0 Å². The van der Waals surface area contributed by atoms with E-state index in [1.807, 2.05) is 6.92 Å². The van der Waals surface area contributed by atoms with E-state index in [1.165, 1.54) is 6.42 Å². The lowest BCUT2D eigenvalue weighted by molar-refractivity contribution is 0.0846. The van der Waals surface area contributed by atoms with Gasteiger partial charge in [0.2, 0.25) is 5.78 Å². The molecule has 2 N–H and O–H groups in total. The quantitative estimate of drug-likeness (QED) is 0.844. The number of aryl methyl sites for hydroxylation is 1. The summed E-state index contributed by atoms with van der Waals surface area (Å²) < 4.78 is 1.71. The summed E-state index contributed by atoms with van der Waals surface area (Å²) in [6.45, 7) is 4.30. The van der Waals surface area contributed by atoms with Gasteiger partial charge in [-0.2, -0.15) is 0 Å². The first-order valence-electron chi connectivity index (χ1n) is 8.13. The average molecular weight is 317 g/mol. The van der Waals surface area contributed by atoms with Crippen LogP contribution in [0.4, 0.5) is 0 Å². The summed E-state index contributed by atoms with van der Waals surface area (Å²) in [5.41, 5.74) is 1.21. The number of aromatic nitrogens is 3. The van der Waals surface area contributed by atoms with Gasteiger partial charge in [0.25, 0.3) is 5.91 Å². The van der Waals surface area contributed by atoms with Crippen molar-refractivity contribution < 1.29 is 9.90 Å². The maximum atomic E-state index is 12.5. The van der Waals surface area contributed by atoms with Crippen LogP contribution < -0.4 is 5.32 Å². The number of hydrogen-bond acceptors (Lipinski definition) is 5. The molecular weight excluding hydrogens is 294 g/mol. The normalized spacial score (nSPS) is 19.1. The summed E-state index contributed by atoms with van der Waals surface area (Å²) in [5.74, 6) is 0.395. The van der Waals surface area contributed by atoms with E-state index in [1.54, 1.807) is 22.9 Å². The maximum Gasteiger partial charge on any atom is 0.270 e. The molecule has 1 fully saturated rings. The Morgan fingerprint density at radius 1 is 1.48 bits per heavy atom. The SMILES string of the molecule is Cc1nc2ncccn2c1C(=O)NCCN1CCCC[C@H]1CO. The van der Waals surface area contributed by atoms with Crippen molar-refractivity contribution in [2.45, 2.75) is 32.2 Å². The van der Waals surface area contributed by atoms with Crippen LogP contribution in [0.25, 0.3) is 5.78 Å². The minimum atomic E-state index is -0.138. The number of nitrogens with one attached hydrogen (secondary N) is 1. The Balaban J connectivity index is 1.61. The van der Waals surface area contributed by atoms with Gasteiger partial charge in [-0.25, -0.2) is 9.97 Å². The molecule has 1 amide bonds. The van der Waals surface area contributed by atoms with Gasteiger partial charge >= 0.3 is 0 Å². The van der Waals surface area contributed by atoms with E-state index in [0.717, 1.165) is 25.9 Å². The van der Waals surface area contributed by atoms with Crippen LogP contribution in [0.1, 0.15) is 35.4 Å². The maximum absolute atomic E-state index is 12.5. The third-order valence-corrected chi connectivity index (χ3v) is 4.44. The van der Waals surface area contributed by atoms with Gasteiger partial charge in [0.05, 0.1) is 12.3 Å². The summed E-state index contributed by atoms with van der Waals surface area (Å²) >= 11 is 0. The zero-order valence-electron chi connectivity index (χ0n) is 13.4. The number of fused-ring (bicyclic) bond motifs is 1. The fourth-order valence-corrected chi connectivity index (χ4v) is 3.23. The second kappa shape index (κ2) is 7.06. The Morgan fingerprint density at radius 2 is 2.35 bits per heavy atom. The van der Waals surface area contributed by atoms with Crippen molar-refractivity contribution in [2.75, 3.05) is 26.2 Å². The van der Waals surface area contributed by atoms with Crippen molar-refractivity contribution in [3.05, 3.63) is 29.8 Å². The Bertz CT molecular complexity index is 684. The lowest BCUT2D eigenvalue weighted by atomic mass is 10.0. The van der Waals surface area contributed by atoms with Crippen LogP contribution in [-0.4, -0.2) is 62.6 Å². The molecule has 0 unspecified atom stereocenters. The number of carbonyl (C=O) groups is 1. The van der Waals surface area contributed by atoms with Crippen LogP contribution in [0.2, 0.25) is 0 Å². The van der Waals surface area contributed by atoms with Crippen molar-refractivity contribution in [1.82, 2.24) is 24.6 Å². The van der Waals surface area contributed by atoms with Crippen LogP contribution in [0, 0.1) is 6.92 Å². The highest BCUT2D eigenvalue weighted by Crippen LogP contribution is 2.15. The van der Waals surface area contributed by atoms with Crippen molar-refractivity contribution in [3.8, 4) is 0 Å². The van der Waals surface area contributed by atoms with E-state index in [9.17, 15) is 9.90 Å². The van der Waals surface area contributed by atoms with Crippen molar-refractivity contribution in [2.24, 2.45) is 0 Å². The Kier molecular flexibility index (Phi) is 4.88. The molecule has 0 aromatic carbocycles. The van der Waals surface area contributed by atoms with E-state index in [4.69, 9.17) is 0 Å². The Labute approximate surface area is 135 Å². The van der Waals surface area contributed by atoms with Crippen LogP contribution in [0.15, 0.2) is 18.5 Å². The molecule has 3 rings (SSSR count). The molecule has 23 heavy (non-hydrogen) atoms. The number of likely N-dealkylation sites (tertiary alicyclic amines) is 1. The summed E-state index contributed by atoms with van der Waals surface area (Å²) in [5, 5.41) is 12.4. The van der Waals surface area contributed by atoms with Gasteiger partial charge in [-0.05, 0) is 32.4 Å². The lowest BCUT2D eigenvalue weighted by Crippen LogP contribution is -2.45. The highest BCUT2D eigenvalue weighted by atomic mass is 16.3. The fourth-order valence-electron chi connectivity index (χ4n) is 3.23. The second-order valence-electron chi connectivity index (χ2n) is 5.96. The summed E-state index contributed by atoms with van der Waals surface area (Å²) in [6.07, 6.45) is 6.81. The number of aliphatic hydroxyl groups excluding tert-OH is 1. The molecule has 1 saturated heterocycles. The van der Waals surface area contributed by atoms with Crippen molar-refractivity contribution >= 4 is 11.7 Å². The van der Waals surface area contributed by atoms with Gasteiger partial charge in [-0.15, -0.1) is 0 Å². The molecule has 2 aromatic heterocycles. The molecule has 1 aliphatic heterocycles. The zero-order chi connectivity index (χ0) is 16.2. The monoisotopic (exact) mass is 317 g/mol. The minimum Gasteiger partial charge on any atom is -0.395 e. The van der Waals surface area contributed by atoms with E-state index < -0.39 is 0 Å². The lowest BCUT2D eigenvalue weighted by Gasteiger charge is -2.34. The van der Waals surface area contributed by atoms with E-state index in [0.29, 0.717) is 23.7 Å². The van der Waals surface area contributed by atoms with Crippen LogP contribution in [0.5, 0.6) is 0 Å². The van der Waals surface area contributed by atoms with Gasteiger partial charge in [0, 0.05) is 31.5 Å². The third kappa shape index (κ3) is 3.35. The molecule has 0 saturated carbocycles. The molecule has 0 aliphatic carbocycles. The van der Waals surface area contributed by atoms with Gasteiger partial charge < -0.3 is 10.4 Å². The fraction of sp³-hybridized carbons (Fsp3) is 0.562. The largest absolute Gasteiger partial charge is 0.395 e. The second-order valence-corrected chi connectivity index (χ2v) is 5.96. The summed E-state index contributed by atoms with van der Waals surface area (Å²) in [7, 11) is 0. The Hall–Kier alpha value is -1.99. The first-order valence-corrected chi connectivity index (χ1v) is 8.13. The van der Waals surface area contributed by atoms with Gasteiger partial charge in [0.15, 0.2) is 0 Å². The molecular formula is C16H23N5O2. The number of piperidine rings is 1. The van der Waals surface area contributed by atoms with Gasteiger partial charge in [-0.1, -0.05) is 6.42 Å². The molecule has 0 spiro atoms. The molecule has 124 valence electrons. The number of carbonyl (C=O) groups excluding carboxylic acids is 1. The topological polar surface area (TPSA) is 82.8 Å². The molecule has 1 aliphatic rings. The standard InChI is InChI=1S/C16H23N5O2/c1-12-14(21-9-4-6-18-16(21)19-12)15(23)17-7-10-20-8-3-2-5-13(20)11-22/h4,6,9,13,22H,2-3,5,7-8,10-11H2,1H3,(H,17,23)/t13-/m0/s1. The first kappa shape index (κ1) is 15.9. The van der Waals surface area contributed by atoms with Gasteiger partial charge in [-0.3, -0.25) is 14.1 Å². The zero-order valence-corrected chi connectivity index (χ0v) is 13.4. The number of imidazole rings is 1. The number of hydrogen-bond donors (Lipinski definition) is 2.